The molecule has 1 heterocycles. The predicted molar refractivity (Wildman–Crippen MR) is 110 cm³/mol. The smallest absolute Gasteiger partial charge is 0.227 e. The first-order chi connectivity index (χ1) is 13.3. The number of benzene rings is 4. The molecule has 0 N–H and O–H groups in total. The van der Waals surface area contributed by atoms with Crippen LogP contribution in [0.2, 0.25) is 0 Å². The van der Waals surface area contributed by atoms with E-state index in [0.29, 0.717) is 6.54 Å². The summed E-state index contributed by atoms with van der Waals surface area (Å²) < 4.78 is 1.95. The van der Waals surface area contributed by atoms with E-state index in [1.54, 1.807) is 0 Å². The molecule has 0 spiro atoms. The van der Waals surface area contributed by atoms with Crippen molar-refractivity contribution in [3.63, 3.8) is 0 Å². The fourth-order valence-electron chi connectivity index (χ4n) is 3.72. The van der Waals surface area contributed by atoms with Gasteiger partial charge in [-0.25, -0.2) is 0 Å². The minimum atomic E-state index is 0. The van der Waals surface area contributed by atoms with Gasteiger partial charge in [-0.3, -0.25) is 4.79 Å². The zero-order chi connectivity index (χ0) is 18.2. The number of rotatable bonds is 3. The summed E-state index contributed by atoms with van der Waals surface area (Å²) in [7, 11) is 0. The second-order valence-electron chi connectivity index (χ2n) is 6.89. The number of hydrogen-bond donors (Lipinski definition) is 0. The Hall–Kier alpha value is -2.79. The van der Waals surface area contributed by atoms with Crippen molar-refractivity contribution in [3.8, 4) is 0 Å². The highest BCUT2D eigenvalue weighted by molar-refractivity contribution is 6.09. The topological polar surface area (TPSA) is 20.9 Å². The normalized spacial score (nSPS) is 10.9. The third-order valence-corrected chi connectivity index (χ3v) is 5.14. The lowest BCUT2D eigenvalue weighted by Gasteiger charge is -2.06. The maximum Gasteiger partial charge on any atom is 0.227 e. The van der Waals surface area contributed by atoms with Gasteiger partial charge in [0.05, 0.1) is 0 Å². The quantitative estimate of drug-likeness (QED) is 0.170. The van der Waals surface area contributed by atoms with Crippen LogP contribution in [-0.4, -0.2) is 5.78 Å². The Labute approximate surface area is 180 Å². The van der Waals surface area contributed by atoms with Crippen molar-refractivity contribution in [2.45, 2.75) is 6.54 Å². The predicted octanol–water partition coefficient (Wildman–Crippen LogP) is 2.32. The van der Waals surface area contributed by atoms with Gasteiger partial charge in [0, 0.05) is 17.0 Å². The maximum absolute atomic E-state index is 12.8. The number of halogens is 1. The summed E-state index contributed by atoms with van der Waals surface area (Å²) in [6, 6.07) is 28.8. The average molecular weight is 475 g/mol. The second-order valence-corrected chi connectivity index (χ2v) is 6.89. The number of aromatic nitrogens is 1. The molecule has 0 radical (unpaired) electrons. The van der Waals surface area contributed by atoms with Gasteiger partial charge in [0.15, 0.2) is 12.4 Å². The number of carbonyl (C=O) groups excluding carboxylic acids is 1. The molecule has 0 fully saturated rings. The number of hydrogen-bond acceptors (Lipinski definition) is 1. The minimum Gasteiger partial charge on any atom is -1.00 e. The van der Waals surface area contributed by atoms with Crippen molar-refractivity contribution in [1.82, 2.24) is 0 Å². The van der Waals surface area contributed by atoms with Crippen LogP contribution in [-0.2, 0) is 6.54 Å². The van der Waals surface area contributed by atoms with Gasteiger partial charge in [-0.05, 0) is 39.1 Å². The molecule has 0 aliphatic heterocycles. The van der Waals surface area contributed by atoms with Gasteiger partial charge in [0.25, 0.3) is 0 Å². The Morgan fingerprint density at radius 2 is 1.36 bits per heavy atom. The molecule has 0 atom stereocenters. The number of carbonyl (C=O) groups is 1. The number of pyridine rings is 1. The van der Waals surface area contributed by atoms with Crippen molar-refractivity contribution < 1.29 is 33.3 Å². The van der Waals surface area contributed by atoms with Gasteiger partial charge in [0.2, 0.25) is 12.3 Å². The molecule has 0 saturated heterocycles. The van der Waals surface area contributed by atoms with E-state index in [2.05, 4.69) is 54.6 Å². The van der Waals surface area contributed by atoms with E-state index in [0.717, 1.165) is 16.3 Å². The number of fused-ring (bicyclic) bond motifs is 4. The lowest BCUT2D eigenvalue weighted by Crippen LogP contribution is -3.00. The first-order valence-electron chi connectivity index (χ1n) is 9.10. The summed E-state index contributed by atoms with van der Waals surface area (Å²) in [5, 5.41) is 7.04. The summed E-state index contributed by atoms with van der Waals surface area (Å²) in [5.41, 5.74) is 0.749. The van der Waals surface area contributed by atoms with Gasteiger partial charge < -0.3 is 24.0 Å². The molecule has 3 heteroatoms. The van der Waals surface area contributed by atoms with E-state index < -0.39 is 0 Å². The van der Waals surface area contributed by atoms with Crippen molar-refractivity contribution >= 4 is 38.1 Å². The van der Waals surface area contributed by atoms with E-state index in [4.69, 9.17) is 0 Å². The molecule has 0 unspecified atom stereocenters. The largest absolute Gasteiger partial charge is 1.00 e. The molecule has 0 bridgehead atoms. The van der Waals surface area contributed by atoms with E-state index in [1.807, 2.05) is 47.3 Å². The molecule has 1 aromatic heterocycles. The van der Waals surface area contributed by atoms with Crippen LogP contribution >= 0.6 is 0 Å². The van der Waals surface area contributed by atoms with Crippen molar-refractivity contribution in [3.05, 3.63) is 103 Å². The van der Waals surface area contributed by atoms with Crippen LogP contribution in [0, 0.1) is 0 Å². The van der Waals surface area contributed by atoms with Crippen molar-refractivity contribution in [2.75, 3.05) is 0 Å². The third kappa shape index (κ3) is 3.38. The molecule has 28 heavy (non-hydrogen) atoms. The molecular weight excluding hydrogens is 457 g/mol. The van der Waals surface area contributed by atoms with Crippen molar-refractivity contribution in [2.24, 2.45) is 0 Å². The molecule has 2 nitrogen and oxygen atoms in total. The molecule has 0 aliphatic rings. The van der Waals surface area contributed by atoms with E-state index in [1.165, 1.54) is 21.5 Å². The van der Waals surface area contributed by atoms with Crippen LogP contribution in [0.3, 0.4) is 0 Å². The Morgan fingerprint density at radius 3 is 2.21 bits per heavy atom. The van der Waals surface area contributed by atoms with Crippen LogP contribution in [0.1, 0.15) is 10.4 Å². The fraction of sp³-hybridized carbons (Fsp3) is 0.0400. The number of nitrogens with zero attached hydrogens (tertiary/aromatic N) is 1. The molecule has 136 valence electrons. The molecule has 0 amide bonds. The molecule has 5 rings (SSSR count). The molecule has 4 aromatic carbocycles. The lowest BCUT2D eigenvalue weighted by atomic mass is 9.99. The Kier molecular flexibility index (Phi) is 5.09. The van der Waals surface area contributed by atoms with Crippen LogP contribution in [0.5, 0.6) is 0 Å². The van der Waals surface area contributed by atoms with Gasteiger partial charge in [-0.2, -0.15) is 4.57 Å². The SMILES string of the molecule is O=C(C[n+]1ccc2ccccc2c1)c1ccc2c(ccc3ccccc32)c1.[I-]. The highest BCUT2D eigenvalue weighted by Gasteiger charge is 2.13. The highest BCUT2D eigenvalue weighted by Crippen LogP contribution is 2.26. The van der Waals surface area contributed by atoms with Crippen LogP contribution in [0.25, 0.3) is 32.3 Å². The van der Waals surface area contributed by atoms with Gasteiger partial charge in [-0.1, -0.05) is 66.7 Å². The standard InChI is InChI=1S/C25H18NO.HI/c27-25(17-26-14-13-18-5-1-2-7-22(18)16-26)21-11-12-24-20(15-21)10-9-19-6-3-4-8-23(19)24;/h1-16H,17H2;1H/q+1;/p-1. The van der Waals surface area contributed by atoms with E-state index in [-0.39, 0.29) is 29.8 Å². The molecular formula is C25H18INO. The third-order valence-electron chi connectivity index (χ3n) is 5.14. The molecule has 5 aromatic rings. The Morgan fingerprint density at radius 1 is 0.679 bits per heavy atom. The molecule has 0 saturated carbocycles. The zero-order valence-electron chi connectivity index (χ0n) is 15.2. The lowest BCUT2D eigenvalue weighted by molar-refractivity contribution is -0.681. The average Bonchev–Trinajstić information content (AvgIpc) is 2.73. The highest BCUT2D eigenvalue weighted by atomic mass is 127. The van der Waals surface area contributed by atoms with E-state index in [9.17, 15) is 4.79 Å². The fourth-order valence-corrected chi connectivity index (χ4v) is 3.72. The molecule has 0 aliphatic carbocycles. The van der Waals surface area contributed by atoms with Gasteiger partial charge >= 0.3 is 0 Å². The Balaban J connectivity index is 0.00000192. The summed E-state index contributed by atoms with van der Waals surface area (Å²) in [4.78, 5) is 12.8. The Bertz CT molecular complexity index is 1330. The van der Waals surface area contributed by atoms with Crippen molar-refractivity contribution in [1.29, 1.82) is 0 Å². The van der Waals surface area contributed by atoms with Gasteiger partial charge in [-0.15, -0.1) is 0 Å². The van der Waals surface area contributed by atoms with Crippen LogP contribution in [0.4, 0.5) is 0 Å². The van der Waals surface area contributed by atoms with Crippen LogP contribution in [0.15, 0.2) is 97.3 Å². The summed E-state index contributed by atoms with van der Waals surface area (Å²) >= 11 is 0. The second kappa shape index (κ2) is 7.68. The van der Waals surface area contributed by atoms with Crippen LogP contribution < -0.4 is 28.5 Å². The maximum atomic E-state index is 12.8. The van der Waals surface area contributed by atoms with Gasteiger partial charge in [0.1, 0.15) is 0 Å². The number of Topliss-reactive ketones (excluding diaryl/α,β-unsaturated/α-hetero) is 1. The summed E-state index contributed by atoms with van der Waals surface area (Å²) in [6.45, 7) is 0.337. The number of ketones is 1. The summed E-state index contributed by atoms with van der Waals surface area (Å²) in [5.74, 6) is 0.116. The summed E-state index contributed by atoms with van der Waals surface area (Å²) in [6.07, 6.45) is 4.00. The zero-order valence-corrected chi connectivity index (χ0v) is 17.3. The minimum absolute atomic E-state index is 0. The first-order valence-corrected chi connectivity index (χ1v) is 9.10. The first kappa shape index (κ1) is 18.6. The monoisotopic (exact) mass is 475 g/mol. The van der Waals surface area contributed by atoms with E-state index >= 15 is 0 Å².